The molecule has 0 atom stereocenters. The number of fused-ring (bicyclic) bond motifs is 1. The Morgan fingerprint density at radius 3 is 2.86 bits per heavy atom. The summed E-state index contributed by atoms with van der Waals surface area (Å²) in [6.45, 7) is 4.11. The largest absolute Gasteiger partial charge is 0.506 e. The third-order valence-corrected chi connectivity index (χ3v) is 2.44. The van der Waals surface area contributed by atoms with Crippen molar-refractivity contribution in [2.45, 2.75) is 20.3 Å². The van der Waals surface area contributed by atoms with Gasteiger partial charge in [0.25, 0.3) is 0 Å². The molecule has 2 aromatic rings. The normalized spacial score (nSPS) is 10.7. The van der Waals surface area contributed by atoms with Gasteiger partial charge in [0.2, 0.25) is 0 Å². The van der Waals surface area contributed by atoms with E-state index >= 15 is 0 Å². The number of phenolic OH excluding ortho intramolecular Hbond substituents is 1. The van der Waals surface area contributed by atoms with E-state index in [9.17, 15) is 5.11 Å². The molecule has 0 unspecified atom stereocenters. The van der Waals surface area contributed by atoms with E-state index in [4.69, 9.17) is 0 Å². The van der Waals surface area contributed by atoms with Gasteiger partial charge in [-0.25, -0.2) is 4.98 Å². The SMILES string of the molecule is CCc1cc(C)c2cccc(O)c2n1. The molecule has 72 valence electrons. The molecule has 14 heavy (non-hydrogen) atoms. The van der Waals surface area contributed by atoms with Gasteiger partial charge < -0.3 is 5.11 Å². The molecule has 2 rings (SSSR count). The summed E-state index contributed by atoms with van der Waals surface area (Å²) >= 11 is 0. The van der Waals surface area contributed by atoms with Gasteiger partial charge >= 0.3 is 0 Å². The van der Waals surface area contributed by atoms with Crippen LogP contribution in [-0.2, 0) is 6.42 Å². The van der Waals surface area contributed by atoms with Crippen LogP contribution in [0.2, 0.25) is 0 Å². The summed E-state index contributed by atoms with van der Waals surface area (Å²) < 4.78 is 0. The number of phenols is 1. The standard InChI is InChI=1S/C12H13NO/c1-3-9-7-8(2)10-5-4-6-11(14)12(10)13-9/h4-7,14H,3H2,1-2H3. The molecule has 0 aliphatic heterocycles. The molecule has 0 amide bonds. The van der Waals surface area contributed by atoms with Gasteiger partial charge in [0, 0.05) is 11.1 Å². The van der Waals surface area contributed by atoms with Gasteiger partial charge in [0.1, 0.15) is 11.3 Å². The lowest BCUT2D eigenvalue weighted by molar-refractivity contribution is 0.480. The average Bonchev–Trinajstić information content (AvgIpc) is 2.19. The first-order chi connectivity index (χ1) is 6.72. The van der Waals surface area contributed by atoms with Crippen molar-refractivity contribution in [3.05, 3.63) is 35.5 Å². The summed E-state index contributed by atoms with van der Waals surface area (Å²) in [6, 6.07) is 7.57. The van der Waals surface area contributed by atoms with Crippen LogP contribution in [0.3, 0.4) is 0 Å². The Balaban J connectivity index is 2.83. The highest BCUT2D eigenvalue weighted by Gasteiger charge is 2.04. The first kappa shape index (κ1) is 9.00. The van der Waals surface area contributed by atoms with Crippen LogP contribution in [0.5, 0.6) is 5.75 Å². The van der Waals surface area contributed by atoms with Crippen molar-refractivity contribution in [2.75, 3.05) is 0 Å². The molecule has 1 heterocycles. The number of aromatic hydroxyl groups is 1. The number of para-hydroxylation sites is 1. The molecule has 0 aliphatic carbocycles. The van der Waals surface area contributed by atoms with Crippen LogP contribution in [0.1, 0.15) is 18.2 Å². The maximum absolute atomic E-state index is 9.65. The minimum Gasteiger partial charge on any atom is -0.506 e. The molecule has 0 spiro atoms. The minimum absolute atomic E-state index is 0.265. The second kappa shape index (κ2) is 3.29. The van der Waals surface area contributed by atoms with E-state index in [2.05, 4.69) is 18.0 Å². The van der Waals surface area contributed by atoms with Crippen LogP contribution in [0.25, 0.3) is 10.9 Å². The first-order valence-electron chi connectivity index (χ1n) is 4.80. The number of pyridine rings is 1. The average molecular weight is 187 g/mol. The van der Waals surface area contributed by atoms with Crippen molar-refractivity contribution in [3.8, 4) is 5.75 Å². The molecule has 0 aliphatic rings. The monoisotopic (exact) mass is 187 g/mol. The molecular weight excluding hydrogens is 174 g/mol. The molecule has 0 radical (unpaired) electrons. The van der Waals surface area contributed by atoms with E-state index in [0.29, 0.717) is 5.52 Å². The molecule has 1 N–H and O–H groups in total. The summed E-state index contributed by atoms with van der Waals surface area (Å²) in [7, 11) is 0. The Labute approximate surface area is 83.2 Å². The summed E-state index contributed by atoms with van der Waals surface area (Å²) in [4.78, 5) is 4.40. The van der Waals surface area contributed by atoms with E-state index in [1.165, 1.54) is 5.56 Å². The Bertz CT molecular complexity index is 477. The van der Waals surface area contributed by atoms with Gasteiger partial charge in [0.15, 0.2) is 0 Å². The van der Waals surface area contributed by atoms with Crippen LogP contribution in [0, 0.1) is 6.92 Å². The number of nitrogens with zero attached hydrogens (tertiary/aromatic N) is 1. The molecule has 1 aromatic carbocycles. The highest BCUT2D eigenvalue weighted by atomic mass is 16.3. The van der Waals surface area contributed by atoms with E-state index < -0.39 is 0 Å². The molecular formula is C12H13NO. The van der Waals surface area contributed by atoms with Crippen molar-refractivity contribution < 1.29 is 5.11 Å². The number of aryl methyl sites for hydroxylation is 2. The minimum atomic E-state index is 0.265. The summed E-state index contributed by atoms with van der Waals surface area (Å²) in [5.41, 5.74) is 2.91. The van der Waals surface area contributed by atoms with Gasteiger partial charge in [-0.1, -0.05) is 19.1 Å². The number of aromatic nitrogens is 1. The Kier molecular flexibility index (Phi) is 2.12. The quantitative estimate of drug-likeness (QED) is 0.744. The summed E-state index contributed by atoms with van der Waals surface area (Å²) in [6.07, 6.45) is 0.894. The zero-order valence-corrected chi connectivity index (χ0v) is 8.41. The maximum atomic E-state index is 9.65. The van der Waals surface area contributed by atoms with Crippen molar-refractivity contribution >= 4 is 10.9 Å². The van der Waals surface area contributed by atoms with Crippen molar-refractivity contribution in [3.63, 3.8) is 0 Å². The third kappa shape index (κ3) is 1.33. The van der Waals surface area contributed by atoms with E-state index in [-0.39, 0.29) is 5.75 Å². The molecule has 1 aromatic heterocycles. The van der Waals surface area contributed by atoms with E-state index in [0.717, 1.165) is 17.5 Å². The zero-order chi connectivity index (χ0) is 10.1. The van der Waals surface area contributed by atoms with Crippen LogP contribution < -0.4 is 0 Å². The summed E-state index contributed by atoms with van der Waals surface area (Å²) in [5.74, 6) is 0.265. The lowest BCUT2D eigenvalue weighted by atomic mass is 10.1. The number of hydrogen-bond acceptors (Lipinski definition) is 2. The number of benzene rings is 1. The Morgan fingerprint density at radius 2 is 2.14 bits per heavy atom. The molecule has 0 bridgehead atoms. The van der Waals surface area contributed by atoms with Crippen molar-refractivity contribution in [2.24, 2.45) is 0 Å². The Hall–Kier alpha value is -1.57. The van der Waals surface area contributed by atoms with Crippen molar-refractivity contribution in [1.29, 1.82) is 0 Å². The second-order valence-corrected chi connectivity index (χ2v) is 3.46. The van der Waals surface area contributed by atoms with Gasteiger partial charge in [-0.15, -0.1) is 0 Å². The lowest BCUT2D eigenvalue weighted by Gasteiger charge is -2.05. The van der Waals surface area contributed by atoms with Crippen molar-refractivity contribution in [1.82, 2.24) is 4.98 Å². The fourth-order valence-corrected chi connectivity index (χ4v) is 1.65. The van der Waals surface area contributed by atoms with E-state index in [1.54, 1.807) is 6.07 Å². The van der Waals surface area contributed by atoms with Crippen LogP contribution in [-0.4, -0.2) is 10.1 Å². The number of rotatable bonds is 1. The molecule has 2 heteroatoms. The number of hydrogen-bond donors (Lipinski definition) is 1. The predicted molar refractivity (Wildman–Crippen MR) is 57.5 cm³/mol. The molecule has 0 saturated carbocycles. The van der Waals surface area contributed by atoms with Crippen LogP contribution in [0.4, 0.5) is 0 Å². The third-order valence-electron chi connectivity index (χ3n) is 2.44. The fraction of sp³-hybridized carbons (Fsp3) is 0.250. The topological polar surface area (TPSA) is 33.1 Å². The summed E-state index contributed by atoms with van der Waals surface area (Å²) in [5, 5.41) is 10.7. The van der Waals surface area contributed by atoms with Crippen LogP contribution >= 0.6 is 0 Å². The van der Waals surface area contributed by atoms with Gasteiger partial charge in [-0.05, 0) is 31.0 Å². The zero-order valence-electron chi connectivity index (χ0n) is 8.41. The molecule has 2 nitrogen and oxygen atoms in total. The lowest BCUT2D eigenvalue weighted by Crippen LogP contribution is -1.91. The maximum Gasteiger partial charge on any atom is 0.141 e. The van der Waals surface area contributed by atoms with Gasteiger partial charge in [0.05, 0.1) is 0 Å². The van der Waals surface area contributed by atoms with Gasteiger partial charge in [-0.2, -0.15) is 0 Å². The molecule has 0 saturated heterocycles. The molecule has 0 fully saturated rings. The smallest absolute Gasteiger partial charge is 0.141 e. The predicted octanol–water partition coefficient (Wildman–Crippen LogP) is 2.81. The Morgan fingerprint density at radius 1 is 1.36 bits per heavy atom. The van der Waals surface area contributed by atoms with Gasteiger partial charge in [-0.3, -0.25) is 0 Å². The highest BCUT2D eigenvalue weighted by Crippen LogP contribution is 2.25. The van der Waals surface area contributed by atoms with Crippen LogP contribution in [0.15, 0.2) is 24.3 Å². The fourth-order valence-electron chi connectivity index (χ4n) is 1.65. The highest BCUT2D eigenvalue weighted by molar-refractivity contribution is 5.87. The first-order valence-corrected chi connectivity index (χ1v) is 4.80. The van der Waals surface area contributed by atoms with E-state index in [1.807, 2.05) is 19.1 Å². The second-order valence-electron chi connectivity index (χ2n) is 3.46.